The molecule has 3 aromatic rings. The standard InChI is InChI=1S/C27H33N5O4/c1-15-3-10-22(36-13-17-4-5-17)20(11-15)23-25-24(30-14-29-23)21(12-28-25)27(35)32-19-8-6-18(7-9-19)31-26(34)16(2)33/h3,10-12,14,16-19,28,33H,4-9,13H2,1-2H3,(H,31,34)(H,32,35)/t16-,18?,19?/m0/s1. The third-order valence-corrected chi connectivity index (χ3v) is 7.06. The molecule has 4 N–H and O–H groups in total. The van der Waals surface area contributed by atoms with E-state index in [9.17, 15) is 14.7 Å². The maximum atomic E-state index is 13.2. The molecule has 9 heteroatoms. The first-order valence-corrected chi connectivity index (χ1v) is 12.7. The average Bonchev–Trinajstić information content (AvgIpc) is 3.59. The number of aromatic amines is 1. The van der Waals surface area contributed by atoms with Gasteiger partial charge >= 0.3 is 0 Å². The topological polar surface area (TPSA) is 129 Å². The van der Waals surface area contributed by atoms with Crippen molar-refractivity contribution in [1.29, 1.82) is 0 Å². The van der Waals surface area contributed by atoms with E-state index < -0.39 is 6.10 Å². The first-order chi connectivity index (χ1) is 17.4. The SMILES string of the molecule is Cc1ccc(OCC2CC2)c(-c2ncnc3c(C(=O)NC4CCC(NC(=O)[C@H](C)O)CC4)c[nH]c23)c1. The van der Waals surface area contributed by atoms with Gasteiger partial charge in [0.15, 0.2) is 0 Å². The predicted octanol–water partition coefficient (Wildman–Crippen LogP) is 3.26. The zero-order valence-corrected chi connectivity index (χ0v) is 20.7. The number of aromatic nitrogens is 3. The van der Waals surface area contributed by atoms with E-state index in [0.717, 1.165) is 42.6 Å². The van der Waals surface area contributed by atoms with Crippen LogP contribution in [0.1, 0.15) is 61.4 Å². The summed E-state index contributed by atoms with van der Waals surface area (Å²) in [5.74, 6) is 0.880. The summed E-state index contributed by atoms with van der Waals surface area (Å²) < 4.78 is 6.13. The van der Waals surface area contributed by atoms with E-state index in [1.807, 2.05) is 19.1 Å². The van der Waals surface area contributed by atoms with Crippen LogP contribution >= 0.6 is 0 Å². The molecule has 0 saturated heterocycles. The molecule has 2 aromatic heterocycles. The molecular weight excluding hydrogens is 458 g/mol. The van der Waals surface area contributed by atoms with Crippen molar-refractivity contribution in [2.75, 3.05) is 6.61 Å². The Balaban J connectivity index is 1.31. The largest absolute Gasteiger partial charge is 0.493 e. The van der Waals surface area contributed by atoms with Gasteiger partial charge in [0, 0.05) is 23.8 Å². The fraction of sp³-hybridized carbons (Fsp3) is 0.481. The molecule has 0 spiro atoms. The number of aryl methyl sites for hydroxylation is 1. The molecule has 9 nitrogen and oxygen atoms in total. The number of carbonyl (C=O) groups is 2. The van der Waals surface area contributed by atoms with E-state index in [1.54, 1.807) is 6.20 Å². The highest BCUT2D eigenvalue weighted by Crippen LogP contribution is 2.36. The van der Waals surface area contributed by atoms with Crippen molar-refractivity contribution in [2.45, 2.75) is 70.6 Å². The Morgan fingerprint density at radius 1 is 1.11 bits per heavy atom. The van der Waals surface area contributed by atoms with Gasteiger partial charge < -0.3 is 25.5 Å². The van der Waals surface area contributed by atoms with Crippen LogP contribution in [-0.2, 0) is 4.79 Å². The maximum absolute atomic E-state index is 13.2. The fourth-order valence-electron chi connectivity index (χ4n) is 4.73. The number of hydrogen-bond acceptors (Lipinski definition) is 6. The van der Waals surface area contributed by atoms with Crippen LogP contribution in [0.2, 0.25) is 0 Å². The van der Waals surface area contributed by atoms with E-state index in [4.69, 9.17) is 4.74 Å². The molecular formula is C27H33N5O4. The summed E-state index contributed by atoms with van der Waals surface area (Å²) in [5.41, 5.74) is 4.45. The number of benzene rings is 1. The summed E-state index contributed by atoms with van der Waals surface area (Å²) in [5, 5.41) is 15.4. The number of hydrogen-bond donors (Lipinski definition) is 4. The van der Waals surface area contributed by atoms with E-state index in [2.05, 4.69) is 31.7 Å². The van der Waals surface area contributed by atoms with Crippen LogP contribution in [0.25, 0.3) is 22.3 Å². The molecule has 2 aliphatic rings. The molecule has 0 radical (unpaired) electrons. The van der Waals surface area contributed by atoms with E-state index in [1.165, 1.54) is 26.1 Å². The van der Waals surface area contributed by atoms with Gasteiger partial charge in [0.2, 0.25) is 5.91 Å². The lowest BCUT2D eigenvalue weighted by Crippen LogP contribution is -2.45. The summed E-state index contributed by atoms with van der Waals surface area (Å²) in [6.45, 7) is 4.19. The highest BCUT2D eigenvalue weighted by Gasteiger charge is 2.27. The van der Waals surface area contributed by atoms with Crippen molar-refractivity contribution in [3.8, 4) is 17.0 Å². The molecule has 2 saturated carbocycles. The van der Waals surface area contributed by atoms with Crippen LogP contribution in [0.15, 0.2) is 30.7 Å². The van der Waals surface area contributed by atoms with Gasteiger partial charge in [-0.25, -0.2) is 9.97 Å². The Labute approximate surface area is 210 Å². The first-order valence-electron chi connectivity index (χ1n) is 12.7. The molecule has 2 aliphatic carbocycles. The lowest BCUT2D eigenvalue weighted by molar-refractivity contribution is -0.129. The van der Waals surface area contributed by atoms with Crippen LogP contribution in [-0.4, -0.2) is 56.7 Å². The van der Waals surface area contributed by atoms with Crippen LogP contribution < -0.4 is 15.4 Å². The number of rotatable bonds is 8. The van der Waals surface area contributed by atoms with Crippen molar-refractivity contribution in [3.05, 3.63) is 41.9 Å². The minimum absolute atomic E-state index is 0.0164. The average molecular weight is 492 g/mol. The second-order valence-corrected chi connectivity index (χ2v) is 10.1. The number of amides is 2. The van der Waals surface area contributed by atoms with Crippen molar-refractivity contribution in [1.82, 2.24) is 25.6 Å². The number of carbonyl (C=O) groups excluding carboxylic acids is 2. The van der Waals surface area contributed by atoms with E-state index >= 15 is 0 Å². The molecule has 0 unspecified atom stereocenters. The zero-order valence-electron chi connectivity index (χ0n) is 20.7. The summed E-state index contributed by atoms with van der Waals surface area (Å²) in [6.07, 6.45) is 7.60. The van der Waals surface area contributed by atoms with Crippen LogP contribution in [0.4, 0.5) is 0 Å². The van der Waals surface area contributed by atoms with Crippen LogP contribution in [0.3, 0.4) is 0 Å². The van der Waals surface area contributed by atoms with Gasteiger partial charge in [-0.05, 0) is 70.4 Å². The molecule has 5 rings (SSSR count). The second kappa shape index (κ2) is 10.3. The van der Waals surface area contributed by atoms with Crippen LogP contribution in [0.5, 0.6) is 5.75 Å². The number of nitrogens with zero attached hydrogens (tertiary/aromatic N) is 2. The Morgan fingerprint density at radius 3 is 2.53 bits per heavy atom. The summed E-state index contributed by atoms with van der Waals surface area (Å²) in [4.78, 5) is 37.1. The summed E-state index contributed by atoms with van der Waals surface area (Å²) >= 11 is 0. The lowest BCUT2D eigenvalue weighted by Gasteiger charge is -2.29. The second-order valence-electron chi connectivity index (χ2n) is 10.1. The van der Waals surface area contributed by atoms with Crippen molar-refractivity contribution in [3.63, 3.8) is 0 Å². The minimum atomic E-state index is -1.02. The Hall–Kier alpha value is -3.46. The lowest BCUT2D eigenvalue weighted by atomic mass is 9.91. The van der Waals surface area contributed by atoms with Crippen molar-refractivity contribution >= 4 is 22.8 Å². The monoisotopic (exact) mass is 491 g/mol. The number of aliphatic hydroxyl groups is 1. The van der Waals surface area contributed by atoms with Crippen molar-refractivity contribution in [2.24, 2.45) is 5.92 Å². The molecule has 1 aromatic carbocycles. The van der Waals surface area contributed by atoms with Crippen molar-refractivity contribution < 1.29 is 19.4 Å². The number of fused-ring (bicyclic) bond motifs is 1. The number of H-pyrrole nitrogens is 1. The number of ether oxygens (including phenoxy) is 1. The van der Waals surface area contributed by atoms with Gasteiger partial charge in [0.05, 0.1) is 17.7 Å². The Bertz CT molecular complexity index is 1260. The number of aliphatic hydroxyl groups excluding tert-OH is 1. The predicted molar refractivity (Wildman–Crippen MR) is 136 cm³/mol. The molecule has 190 valence electrons. The quantitative estimate of drug-likeness (QED) is 0.383. The highest BCUT2D eigenvalue weighted by atomic mass is 16.5. The normalized spacial score (nSPS) is 20.6. The van der Waals surface area contributed by atoms with Gasteiger partial charge in [-0.1, -0.05) is 11.6 Å². The number of nitrogens with one attached hydrogen (secondary N) is 3. The molecule has 0 bridgehead atoms. The van der Waals surface area contributed by atoms with Gasteiger partial charge in [0.1, 0.15) is 29.4 Å². The van der Waals surface area contributed by atoms with Gasteiger partial charge in [0.25, 0.3) is 5.91 Å². The molecule has 2 fully saturated rings. The fourth-order valence-corrected chi connectivity index (χ4v) is 4.73. The third kappa shape index (κ3) is 5.36. The summed E-state index contributed by atoms with van der Waals surface area (Å²) in [7, 11) is 0. The van der Waals surface area contributed by atoms with E-state index in [-0.39, 0.29) is 23.9 Å². The highest BCUT2D eigenvalue weighted by molar-refractivity contribution is 6.08. The molecule has 36 heavy (non-hydrogen) atoms. The van der Waals surface area contributed by atoms with E-state index in [0.29, 0.717) is 34.8 Å². The maximum Gasteiger partial charge on any atom is 0.255 e. The Kier molecular flexibility index (Phi) is 6.91. The zero-order chi connectivity index (χ0) is 25.2. The first kappa shape index (κ1) is 24.2. The van der Waals surface area contributed by atoms with Crippen LogP contribution in [0, 0.1) is 12.8 Å². The van der Waals surface area contributed by atoms with Gasteiger partial charge in [-0.2, -0.15) is 0 Å². The molecule has 2 amide bonds. The molecule has 0 aliphatic heterocycles. The smallest absolute Gasteiger partial charge is 0.255 e. The molecule has 2 heterocycles. The molecule has 1 atom stereocenters. The Morgan fingerprint density at radius 2 is 1.83 bits per heavy atom. The summed E-state index contributed by atoms with van der Waals surface area (Å²) in [6, 6.07) is 6.11. The van der Waals surface area contributed by atoms with Gasteiger partial charge in [-0.15, -0.1) is 0 Å². The van der Waals surface area contributed by atoms with Gasteiger partial charge in [-0.3, -0.25) is 9.59 Å². The third-order valence-electron chi connectivity index (χ3n) is 7.06. The minimum Gasteiger partial charge on any atom is -0.493 e.